The minimum Gasteiger partial charge on any atom is -0.377 e. The van der Waals surface area contributed by atoms with Gasteiger partial charge in [-0.15, -0.1) is 0 Å². The molecule has 0 saturated carbocycles. The first kappa shape index (κ1) is 13.3. The van der Waals surface area contributed by atoms with E-state index >= 15 is 0 Å². The average Bonchev–Trinajstić information content (AvgIpc) is 2.74. The molecule has 0 bridgehead atoms. The largest absolute Gasteiger partial charge is 0.377 e. The van der Waals surface area contributed by atoms with Crippen molar-refractivity contribution in [2.75, 3.05) is 6.61 Å². The lowest BCUT2D eigenvalue weighted by atomic mass is 9.79. The fraction of sp³-hybridized carbons (Fsp3) is 1.00. The van der Waals surface area contributed by atoms with Crippen molar-refractivity contribution in [1.29, 1.82) is 0 Å². The van der Waals surface area contributed by atoms with Crippen LogP contribution in [-0.4, -0.2) is 30.0 Å². The maximum atomic E-state index is 6.14. The van der Waals surface area contributed by atoms with Crippen LogP contribution in [-0.2, 0) is 9.47 Å². The smallest absolute Gasteiger partial charge is 0.0746 e. The summed E-state index contributed by atoms with van der Waals surface area (Å²) in [6, 6.07) is 0.189. The van der Waals surface area contributed by atoms with Gasteiger partial charge in [0.25, 0.3) is 0 Å². The molecule has 2 aliphatic heterocycles. The number of hydrogen-bond acceptors (Lipinski definition) is 4. The molecule has 3 atom stereocenters. The highest BCUT2D eigenvalue weighted by Crippen LogP contribution is 2.45. The van der Waals surface area contributed by atoms with Gasteiger partial charge >= 0.3 is 0 Å². The molecule has 2 heterocycles. The van der Waals surface area contributed by atoms with E-state index in [1.807, 2.05) is 0 Å². The second-order valence-electron chi connectivity index (χ2n) is 6.52. The van der Waals surface area contributed by atoms with Crippen molar-refractivity contribution in [2.24, 2.45) is 11.8 Å². The highest BCUT2D eigenvalue weighted by molar-refractivity contribution is 5.01. The van der Waals surface area contributed by atoms with E-state index in [4.69, 9.17) is 15.3 Å². The molecule has 0 aliphatic carbocycles. The van der Waals surface area contributed by atoms with E-state index in [1.165, 1.54) is 0 Å². The second-order valence-corrected chi connectivity index (χ2v) is 6.52. The molecule has 0 amide bonds. The van der Waals surface area contributed by atoms with Gasteiger partial charge in [-0.2, -0.15) is 0 Å². The Morgan fingerprint density at radius 2 is 2.00 bits per heavy atom. The maximum Gasteiger partial charge on any atom is 0.0746 e. The van der Waals surface area contributed by atoms with Gasteiger partial charge in [0.1, 0.15) is 0 Å². The molecule has 0 aromatic heterocycles. The van der Waals surface area contributed by atoms with Crippen LogP contribution in [0.15, 0.2) is 0 Å². The summed E-state index contributed by atoms with van der Waals surface area (Å²) in [7, 11) is 0. The van der Waals surface area contributed by atoms with Crippen LogP contribution < -0.4 is 11.3 Å². The van der Waals surface area contributed by atoms with Crippen LogP contribution in [0.4, 0.5) is 0 Å². The number of nitrogens with one attached hydrogen (secondary N) is 1. The molecule has 2 saturated heterocycles. The maximum absolute atomic E-state index is 6.14. The molecule has 0 aromatic rings. The fourth-order valence-corrected chi connectivity index (χ4v) is 3.53. The third-order valence-electron chi connectivity index (χ3n) is 4.14. The van der Waals surface area contributed by atoms with Crippen LogP contribution in [0.25, 0.3) is 0 Å². The third-order valence-corrected chi connectivity index (χ3v) is 4.14. The van der Waals surface area contributed by atoms with E-state index in [0.717, 1.165) is 25.9 Å². The normalized spacial score (nSPS) is 37.2. The lowest BCUT2D eigenvalue weighted by Gasteiger charge is -2.35. The Morgan fingerprint density at radius 3 is 2.41 bits per heavy atom. The standard InChI is InChI=1S/C13H26N2O2/c1-12(2)8-9(13(3,4)17-12)11(15-14)10-6-5-7-16-10/h9-11,15H,5-8,14H2,1-4H3. The lowest BCUT2D eigenvalue weighted by molar-refractivity contribution is -0.0834. The first-order valence-electron chi connectivity index (χ1n) is 6.64. The predicted octanol–water partition coefficient (Wildman–Crippen LogP) is 1.59. The van der Waals surface area contributed by atoms with Crippen molar-refractivity contribution >= 4 is 0 Å². The summed E-state index contributed by atoms with van der Waals surface area (Å²) in [5.41, 5.74) is 2.76. The average molecular weight is 242 g/mol. The Bertz CT molecular complexity index is 273. The summed E-state index contributed by atoms with van der Waals surface area (Å²) in [4.78, 5) is 0. The van der Waals surface area contributed by atoms with E-state index in [0.29, 0.717) is 5.92 Å². The molecule has 0 spiro atoms. The Kier molecular flexibility index (Phi) is 3.51. The molecule has 17 heavy (non-hydrogen) atoms. The van der Waals surface area contributed by atoms with Crippen molar-refractivity contribution in [3.05, 3.63) is 0 Å². The summed E-state index contributed by atoms with van der Waals surface area (Å²) in [5.74, 6) is 6.15. The van der Waals surface area contributed by atoms with Crippen molar-refractivity contribution in [1.82, 2.24) is 5.43 Å². The predicted molar refractivity (Wildman–Crippen MR) is 67.4 cm³/mol. The minimum absolute atomic E-state index is 0.0676. The Balaban J connectivity index is 2.13. The molecule has 4 nitrogen and oxygen atoms in total. The lowest BCUT2D eigenvalue weighted by Crippen LogP contribution is -2.53. The van der Waals surface area contributed by atoms with Crippen molar-refractivity contribution in [3.63, 3.8) is 0 Å². The van der Waals surface area contributed by atoms with E-state index in [2.05, 4.69) is 33.1 Å². The molecule has 4 heteroatoms. The number of rotatable bonds is 3. The molecule has 3 N–H and O–H groups in total. The molecule has 2 aliphatic rings. The van der Waals surface area contributed by atoms with Gasteiger partial charge in [-0.25, -0.2) is 0 Å². The van der Waals surface area contributed by atoms with Gasteiger partial charge in [-0.05, 0) is 47.0 Å². The topological polar surface area (TPSA) is 56.5 Å². The summed E-state index contributed by atoms with van der Waals surface area (Å²) >= 11 is 0. The van der Waals surface area contributed by atoms with E-state index < -0.39 is 0 Å². The van der Waals surface area contributed by atoms with Crippen LogP contribution in [0, 0.1) is 5.92 Å². The van der Waals surface area contributed by atoms with Gasteiger partial charge in [0.15, 0.2) is 0 Å². The molecular formula is C13H26N2O2. The van der Waals surface area contributed by atoms with E-state index in [9.17, 15) is 0 Å². The molecule has 2 fully saturated rings. The first-order valence-corrected chi connectivity index (χ1v) is 6.64. The van der Waals surface area contributed by atoms with Gasteiger partial charge in [-0.1, -0.05) is 0 Å². The highest BCUT2D eigenvalue weighted by atomic mass is 16.5. The molecule has 0 radical (unpaired) electrons. The monoisotopic (exact) mass is 242 g/mol. The third kappa shape index (κ3) is 2.65. The van der Waals surface area contributed by atoms with E-state index in [1.54, 1.807) is 0 Å². The van der Waals surface area contributed by atoms with Gasteiger partial charge in [0.05, 0.1) is 23.3 Å². The summed E-state index contributed by atoms with van der Waals surface area (Å²) in [6.07, 6.45) is 3.50. The van der Waals surface area contributed by atoms with Gasteiger partial charge < -0.3 is 9.47 Å². The van der Waals surface area contributed by atoms with Crippen LogP contribution in [0.3, 0.4) is 0 Å². The molecule has 0 aromatic carbocycles. The zero-order chi connectivity index (χ0) is 12.7. The summed E-state index contributed by atoms with van der Waals surface area (Å²) in [5, 5.41) is 0. The van der Waals surface area contributed by atoms with Crippen molar-refractivity contribution < 1.29 is 9.47 Å². The number of hydrazine groups is 1. The Hall–Kier alpha value is -0.160. The zero-order valence-electron chi connectivity index (χ0n) is 11.5. The number of ether oxygens (including phenoxy) is 2. The Labute approximate surface area is 104 Å². The molecular weight excluding hydrogens is 216 g/mol. The molecule has 2 rings (SSSR count). The van der Waals surface area contributed by atoms with Crippen molar-refractivity contribution in [3.8, 4) is 0 Å². The zero-order valence-corrected chi connectivity index (χ0v) is 11.5. The van der Waals surface area contributed by atoms with Crippen LogP contribution >= 0.6 is 0 Å². The number of nitrogens with two attached hydrogens (primary N) is 1. The van der Waals surface area contributed by atoms with Gasteiger partial charge in [-0.3, -0.25) is 11.3 Å². The number of hydrogen-bond donors (Lipinski definition) is 2. The highest BCUT2D eigenvalue weighted by Gasteiger charge is 2.51. The van der Waals surface area contributed by atoms with Gasteiger partial charge in [0.2, 0.25) is 0 Å². The summed E-state index contributed by atoms with van der Waals surface area (Å²) in [6.45, 7) is 9.48. The van der Waals surface area contributed by atoms with Crippen LogP contribution in [0.1, 0.15) is 47.0 Å². The SMILES string of the molecule is CC1(C)CC(C(NN)C2CCCO2)C(C)(C)O1. The summed E-state index contributed by atoms with van der Waals surface area (Å²) < 4.78 is 11.9. The van der Waals surface area contributed by atoms with Crippen molar-refractivity contribution in [2.45, 2.75) is 70.3 Å². The van der Waals surface area contributed by atoms with E-state index in [-0.39, 0.29) is 23.3 Å². The van der Waals surface area contributed by atoms with Crippen LogP contribution in [0.2, 0.25) is 0 Å². The fourth-order valence-electron chi connectivity index (χ4n) is 3.53. The first-order chi connectivity index (χ1) is 7.86. The Morgan fingerprint density at radius 1 is 1.29 bits per heavy atom. The quantitative estimate of drug-likeness (QED) is 0.583. The molecule has 100 valence electrons. The molecule has 3 unspecified atom stereocenters. The van der Waals surface area contributed by atoms with Gasteiger partial charge in [0, 0.05) is 12.5 Å². The van der Waals surface area contributed by atoms with Crippen LogP contribution in [0.5, 0.6) is 0 Å². The second kappa shape index (κ2) is 4.50. The minimum atomic E-state index is -0.146.